The van der Waals surface area contributed by atoms with E-state index >= 15 is 0 Å². The summed E-state index contributed by atoms with van der Waals surface area (Å²) < 4.78 is 6.51. The number of halogens is 1. The summed E-state index contributed by atoms with van der Waals surface area (Å²) in [5.74, 6) is 0.477. The highest BCUT2D eigenvalue weighted by Crippen LogP contribution is 2.50. The van der Waals surface area contributed by atoms with E-state index in [1.165, 1.54) is 6.42 Å². The Kier molecular flexibility index (Phi) is 3.32. The lowest BCUT2D eigenvalue weighted by atomic mass is 9.71. The van der Waals surface area contributed by atoms with Crippen molar-refractivity contribution in [3.63, 3.8) is 0 Å². The van der Waals surface area contributed by atoms with Gasteiger partial charge < -0.3 is 4.74 Å². The van der Waals surface area contributed by atoms with Gasteiger partial charge in [0.1, 0.15) is 5.60 Å². The van der Waals surface area contributed by atoms with Crippen molar-refractivity contribution in [3.8, 4) is 0 Å². The van der Waals surface area contributed by atoms with Crippen molar-refractivity contribution >= 4 is 22.6 Å². The maximum absolute atomic E-state index is 5.61. The minimum atomic E-state index is -0.492. The molecule has 88 valence electrons. The van der Waals surface area contributed by atoms with Crippen LogP contribution in [-0.2, 0) is 14.5 Å². The average Bonchev–Trinajstić information content (AvgIpc) is 2.28. The SMILES string of the molecule is COC12C[C@H](CC[C@@H]1C)C(C)(CI)OO2. The van der Waals surface area contributed by atoms with Crippen LogP contribution in [-0.4, -0.2) is 22.9 Å². The summed E-state index contributed by atoms with van der Waals surface area (Å²) in [4.78, 5) is 11.2. The lowest BCUT2D eigenvalue weighted by Gasteiger charge is -2.52. The molecule has 15 heavy (non-hydrogen) atoms. The smallest absolute Gasteiger partial charge is 0.204 e. The summed E-state index contributed by atoms with van der Waals surface area (Å²) in [6.45, 7) is 4.31. The predicted octanol–water partition coefficient (Wildman–Crippen LogP) is 2.92. The first-order chi connectivity index (χ1) is 7.06. The minimum Gasteiger partial charge on any atom is -0.350 e. The molecule has 0 N–H and O–H groups in total. The molecule has 0 aromatic carbocycles. The molecule has 4 heteroatoms. The van der Waals surface area contributed by atoms with Gasteiger partial charge in [0.2, 0.25) is 5.79 Å². The topological polar surface area (TPSA) is 27.7 Å². The third-order valence-electron chi connectivity index (χ3n) is 4.08. The second-order valence-electron chi connectivity index (χ2n) is 5.01. The monoisotopic (exact) mass is 326 g/mol. The Bertz CT molecular complexity index is 248. The highest BCUT2D eigenvalue weighted by Gasteiger charge is 2.55. The molecule has 2 bridgehead atoms. The summed E-state index contributed by atoms with van der Waals surface area (Å²) in [6.07, 6.45) is 3.34. The standard InChI is InChI=1S/C11H19IO3/c1-8-4-5-9-6-11(8,13-3)15-14-10(9,2)7-12/h8-9H,4-7H2,1-3H3/t8-,9-,10?,11?/m0/s1. The zero-order valence-electron chi connectivity index (χ0n) is 9.59. The molecule has 1 aliphatic carbocycles. The highest BCUT2D eigenvalue weighted by atomic mass is 127. The van der Waals surface area contributed by atoms with Gasteiger partial charge in [-0.25, -0.2) is 9.78 Å². The van der Waals surface area contributed by atoms with Gasteiger partial charge in [0.25, 0.3) is 0 Å². The molecular weight excluding hydrogens is 307 g/mol. The molecule has 2 fully saturated rings. The van der Waals surface area contributed by atoms with Crippen molar-refractivity contribution < 1.29 is 14.5 Å². The first-order valence-electron chi connectivity index (χ1n) is 5.54. The normalized spacial score (nSPS) is 50.4. The highest BCUT2D eigenvalue weighted by molar-refractivity contribution is 14.1. The van der Waals surface area contributed by atoms with Crippen LogP contribution >= 0.6 is 22.6 Å². The van der Waals surface area contributed by atoms with Crippen molar-refractivity contribution in [2.75, 3.05) is 11.5 Å². The van der Waals surface area contributed by atoms with Gasteiger partial charge in [-0.3, -0.25) is 0 Å². The van der Waals surface area contributed by atoms with Gasteiger partial charge in [0.15, 0.2) is 0 Å². The summed E-state index contributed by atoms with van der Waals surface area (Å²) in [5.41, 5.74) is -0.136. The fourth-order valence-electron chi connectivity index (χ4n) is 2.64. The Hall–Kier alpha value is 0.610. The maximum Gasteiger partial charge on any atom is 0.204 e. The van der Waals surface area contributed by atoms with Crippen molar-refractivity contribution in [1.82, 2.24) is 0 Å². The largest absolute Gasteiger partial charge is 0.350 e. The second-order valence-corrected chi connectivity index (χ2v) is 5.77. The van der Waals surface area contributed by atoms with E-state index in [-0.39, 0.29) is 5.60 Å². The summed E-state index contributed by atoms with van der Waals surface area (Å²) >= 11 is 2.37. The number of rotatable bonds is 2. The van der Waals surface area contributed by atoms with E-state index in [2.05, 4.69) is 36.4 Å². The summed E-state index contributed by atoms with van der Waals surface area (Å²) in [5, 5.41) is 0. The molecule has 1 heterocycles. The van der Waals surface area contributed by atoms with Crippen LogP contribution in [0.25, 0.3) is 0 Å². The molecule has 0 aromatic heterocycles. The van der Waals surface area contributed by atoms with E-state index in [1.54, 1.807) is 7.11 Å². The molecule has 0 spiro atoms. The van der Waals surface area contributed by atoms with Crippen molar-refractivity contribution in [2.45, 2.75) is 44.5 Å². The second kappa shape index (κ2) is 4.13. The van der Waals surface area contributed by atoms with E-state index in [1.807, 2.05) is 0 Å². The van der Waals surface area contributed by atoms with Crippen LogP contribution in [0.3, 0.4) is 0 Å². The maximum atomic E-state index is 5.61. The van der Waals surface area contributed by atoms with Crippen molar-refractivity contribution in [1.29, 1.82) is 0 Å². The van der Waals surface area contributed by atoms with E-state index in [0.717, 1.165) is 17.3 Å². The Morgan fingerprint density at radius 1 is 1.40 bits per heavy atom. The van der Waals surface area contributed by atoms with Crippen LogP contribution < -0.4 is 0 Å². The Morgan fingerprint density at radius 3 is 2.73 bits per heavy atom. The van der Waals surface area contributed by atoms with Crippen LogP contribution in [0.2, 0.25) is 0 Å². The number of ether oxygens (including phenoxy) is 1. The Morgan fingerprint density at radius 2 is 2.13 bits per heavy atom. The molecule has 1 aliphatic heterocycles. The van der Waals surface area contributed by atoms with Gasteiger partial charge >= 0.3 is 0 Å². The van der Waals surface area contributed by atoms with Crippen LogP contribution in [0.4, 0.5) is 0 Å². The van der Waals surface area contributed by atoms with Gasteiger partial charge in [0.05, 0.1) is 0 Å². The number of hydrogen-bond donors (Lipinski definition) is 0. The third-order valence-corrected chi connectivity index (χ3v) is 5.59. The molecule has 0 amide bonds. The lowest BCUT2D eigenvalue weighted by molar-refractivity contribution is -0.511. The van der Waals surface area contributed by atoms with Crippen LogP contribution in [0.5, 0.6) is 0 Å². The van der Waals surface area contributed by atoms with E-state index in [9.17, 15) is 0 Å². The van der Waals surface area contributed by atoms with Crippen LogP contribution in [0, 0.1) is 11.8 Å². The van der Waals surface area contributed by atoms with Gasteiger partial charge in [-0.05, 0) is 25.7 Å². The van der Waals surface area contributed by atoms with Gasteiger partial charge in [-0.1, -0.05) is 29.5 Å². The molecular formula is C11H19IO3. The zero-order chi connectivity index (χ0) is 11.1. The third kappa shape index (κ3) is 1.83. The van der Waals surface area contributed by atoms with Crippen molar-refractivity contribution in [2.24, 2.45) is 11.8 Å². The number of methoxy groups -OCH3 is 1. The van der Waals surface area contributed by atoms with Crippen LogP contribution in [0.15, 0.2) is 0 Å². The van der Waals surface area contributed by atoms with E-state index in [0.29, 0.717) is 11.8 Å². The first kappa shape index (κ1) is 12.1. The van der Waals surface area contributed by atoms with Crippen LogP contribution in [0.1, 0.15) is 33.1 Å². The zero-order valence-corrected chi connectivity index (χ0v) is 11.7. The fraction of sp³-hybridized carbons (Fsp3) is 1.00. The molecule has 1 saturated heterocycles. The molecule has 2 rings (SSSR count). The molecule has 0 radical (unpaired) electrons. The molecule has 4 atom stereocenters. The van der Waals surface area contributed by atoms with Gasteiger partial charge in [0, 0.05) is 23.9 Å². The quantitative estimate of drug-likeness (QED) is 0.444. The molecule has 2 aliphatic rings. The Labute approximate surface area is 105 Å². The average molecular weight is 326 g/mol. The summed E-state index contributed by atoms with van der Waals surface area (Å²) in [6, 6.07) is 0. The predicted molar refractivity (Wildman–Crippen MR) is 65.7 cm³/mol. The molecule has 0 aromatic rings. The minimum absolute atomic E-state index is 0.136. The first-order valence-corrected chi connectivity index (χ1v) is 7.07. The molecule has 2 unspecified atom stereocenters. The molecule has 3 nitrogen and oxygen atoms in total. The van der Waals surface area contributed by atoms with Crippen molar-refractivity contribution in [3.05, 3.63) is 0 Å². The number of hydrogen-bond acceptors (Lipinski definition) is 3. The van der Waals surface area contributed by atoms with E-state index < -0.39 is 5.79 Å². The number of fused-ring (bicyclic) bond motifs is 2. The lowest BCUT2D eigenvalue weighted by Crippen LogP contribution is -2.58. The fourth-order valence-corrected chi connectivity index (χ4v) is 3.39. The van der Waals surface area contributed by atoms with Gasteiger partial charge in [-0.2, -0.15) is 0 Å². The number of alkyl halides is 1. The van der Waals surface area contributed by atoms with E-state index in [4.69, 9.17) is 14.5 Å². The molecule has 1 saturated carbocycles. The Balaban J connectivity index is 2.20. The summed E-state index contributed by atoms with van der Waals surface area (Å²) in [7, 11) is 1.72. The van der Waals surface area contributed by atoms with Gasteiger partial charge in [-0.15, -0.1) is 0 Å².